The van der Waals surface area contributed by atoms with E-state index in [9.17, 15) is 0 Å². The van der Waals surface area contributed by atoms with Crippen LogP contribution in [0.1, 0.15) is 13.7 Å². The minimum absolute atomic E-state index is 0.0403. The fourth-order valence-electron chi connectivity index (χ4n) is 7.67. The van der Waals surface area contributed by atoms with E-state index in [4.69, 9.17) is 28.1 Å². The topological polar surface area (TPSA) is 43.9 Å². The van der Waals surface area contributed by atoms with Gasteiger partial charge in [-0.2, -0.15) is 0 Å². The maximum Gasteiger partial charge on any atom is 0.160 e. The van der Waals surface area contributed by atoms with Crippen LogP contribution in [0.25, 0.3) is 106 Å². The van der Waals surface area contributed by atoms with Gasteiger partial charge in [-0.25, -0.2) is 9.97 Å². The number of rotatable bonds is 6. The standard InChI is InChI=1S/C52H33N3O/c1-4-14-34(15-5-1)45-33-46(35-16-6-2-7-17-35)54-52(53-45)39-19-12-18-38(30-39)41-23-13-25-50-51(41)44-32-37(27-29-49(44)56-50)36-26-28-48-43(31-36)42-22-10-11-24-47(42)55(48)40-20-8-3-9-21-40/h1-33H/i1D,2D,4D,5D,6D,7D,14D,15D,16D,17D. The van der Waals surface area contributed by atoms with Crippen LogP contribution in [0.2, 0.25) is 0 Å². The predicted octanol–water partition coefficient (Wildman–Crippen LogP) is 13.8. The molecule has 4 heteroatoms. The summed E-state index contributed by atoms with van der Waals surface area (Å²) in [6.45, 7) is 0. The third-order valence-electron chi connectivity index (χ3n) is 10.2. The largest absolute Gasteiger partial charge is 0.456 e. The molecular weight excluding hydrogens is 683 g/mol. The molecule has 11 aromatic rings. The van der Waals surface area contributed by atoms with Crippen molar-refractivity contribution in [1.82, 2.24) is 14.5 Å². The molecule has 262 valence electrons. The quantitative estimate of drug-likeness (QED) is 0.171. The highest BCUT2D eigenvalue weighted by atomic mass is 16.3. The summed E-state index contributed by atoms with van der Waals surface area (Å²) in [4.78, 5) is 9.49. The Bertz CT molecular complexity index is 3700. The van der Waals surface area contributed by atoms with Crippen LogP contribution in [0.3, 0.4) is 0 Å². The highest BCUT2D eigenvalue weighted by Crippen LogP contribution is 2.41. The molecule has 4 nitrogen and oxygen atoms in total. The van der Waals surface area contributed by atoms with Gasteiger partial charge in [0, 0.05) is 43.9 Å². The number of furan rings is 1. The molecule has 0 aliphatic rings. The monoisotopic (exact) mass is 725 g/mol. The number of nitrogens with zero attached hydrogens (tertiary/aromatic N) is 3. The molecule has 8 aromatic carbocycles. The molecule has 0 saturated carbocycles. The van der Waals surface area contributed by atoms with E-state index in [1.54, 1.807) is 6.07 Å². The van der Waals surface area contributed by atoms with Crippen molar-refractivity contribution in [3.63, 3.8) is 0 Å². The summed E-state index contributed by atoms with van der Waals surface area (Å²) in [6, 6.07) is 40.5. The maximum atomic E-state index is 8.75. The van der Waals surface area contributed by atoms with E-state index in [2.05, 4.69) is 71.3 Å². The zero-order valence-corrected chi connectivity index (χ0v) is 29.5. The molecule has 3 aromatic heterocycles. The predicted molar refractivity (Wildman–Crippen MR) is 231 cm³/mol. The number of hydrogen-bond acceptors (Lipinski definition) is 3. The molecule has 0 aliphatic heterocycles. The van der Waals surface area contributed by atoms with Gasteiger partial charge in [0.2, 0.25) is 0 Å². The Kier molecular flexibility index (Phi) is 5.44. The van der Waals surface area contributed by atoms with Crippen LogP contribution in [0.15, 0.2) is 204 Å². The Hall–Kier alpha value is -7.56. The second-order valence-electron chi connectivity index (χ2n) is 13.5. The normalized spacial score (nSPS) is 14.1. The minimum Gasteiger partial charge on any atom is -0.456 e. The zero-order valence-electron chi connectivity index (χ0n) is 39.5. The van der Waals surface area contributed by atoms with Gasteiger partial charge in [0.25, 0.3) is 0 Å². The number of hydrogen-bond donors (Lipinski definition) is 0. The van der Waals surface area contributed by atoms with Crippen molar-refractivity contribution in [2.24, 2.45) is 0 Å². The summed E-state index contributed by atoms with van der Waals surface area (Å²) in [6.07, 6.45) is 0. The Morgan fingerprint density at radius 2 is 1.07 bits per heavy atom. The second-order valence-corrected chi connectivity index (χ2v) is 13.5. The van der Waals surface area contributed by atoms with E-state index in [-0.39, 0.29) is 28.3 Å². The summed E-state index contributed by atoms with van der Waals surface area (Å²) in [5.41, 5.74) is 8.21. The third-order valence-corrected chi connectivity index (χ3v) is 10.2. The molecule has 0 bridgehead atoms. The number of benzene rings is 8. The first-order valence-corrected chi connectivity index (χ1v) is 18.1. The molecule has 3 heterocycles. The van der Waals surface area contributed by atoms with E-state index in [1.807, 2.05) is 60.7 Å². The second kappa shape index (κ2) is 13.1. The Morgan fingerprint density at radius 3 is 1.84 bits per heavy atom. The van der Waals surface area contributed by atoms with Crippen molar-refractivity contribution < 1.29 is 18.1 Å². The van der Waals surface area contributed by atoms with Gasteiger partial charge in [0.15, 0.2) is 5.82 Å². The Labute approximate surface area is 337 Å². The highest BCUT2D eigenvalue weighted by molar-refractivity contribution is 6.14. The van der Waals surface area contributed by atoms with E-state index in [1.165, 1.54) is 6.07 Å². The maximum absolute atomic E-state index is 8.75. The van der Waals surface area contributed by atoms with Crippen LogP contribution in [0.5, 0.6) is 0 Å². The first-order valence-electron chi connectivity index (χ1n) is 23.1. The number of aromatic nitrogens is 3. The zero-order chi connectivity index (χ0) is 45.7. The highest BCUT2D eigenvalue weighted by Gasteiger charge is 2.17. The van der Waals surface area contributed by atoms with Crippen molar-refractivity contribution in [2.75, 3.05) is 0 Å². The molecule has 0 N–H and O–H groups in total. The Morgan fingerprint density at radius 1 is 0.429 bits per heavy atom. The van der Waals surface area contributed by atoms with Crippen LogP contribution in [0, 0.1) is 0 Å². The number of para-hydroxylation sites is 2. The van der Waals surface area contributed by atoms with Crippen molar-refractivity contribution in [2.45, 2.75) is 0 Å². The van der Waals surface area contributed by atoms with Gasteiger partial charge in [0.1, 0.15) is 11.2 Å². The first-order chi connectivity index (χ1) is 31.9. The average Bonchev–Trinajstić information content (AvgIpc) is 3.89. The number of fused-ring (bicyclic) bond motifs is 6. The molecule has 0 aliphatic carbocycles. The van der Waals surface area contributed by atoms with Gasteiger partial charge in [-0.1, -0.05) is 139 Å². The van der Waals surface area contributed by atoms with Crippen molar-refractivity contribution >= 4 is 43.7 Å². The molecule has 0 spiro atoms. The van der Waals surface area contributed by atoms with Crippen molar-refractivity contribution in [1.29, 1.82) is 0 Å². The van der Waals surface area contributed by atoms with Gasteiger partial charge in [-0.3, -0.25) is 0 Å². The van der Waals surface area contributed by atoms with Gasteiger partial charge in [0.05, 0.1) is 36.1 Å². The van der Waals surface area contributed by atoms with Gasteiger partial charge < -0.3 is 8.98 Å². The van der Waals surface area contributed by atoms with Crippen LogP contribution >= 0.6 is 0 Å². The molecule has 0 unspecified atom stereocenters. The van der Waals surface area contributed by atoms with Crippen LogP contribution < -0.4 is 0 Å². The van der Waals surface area contributed by atoms with Gasteiger partial charge in [-0.05, 0) is 82.9 Å². The SMILES string of the molecule is [2H]c1c([2H])c([2H])c(-c2cc(-c3c([2H])c([2H])c([2H])c([2H])c3[2H])nc(-c3cccc(-c4cccc5oc6ccc(-c7ccc8c(c7)c7ccccc7n8-c7ccccc7)cc6c45)c3)n2)c([2H])c1[2H]. The molecule has 0 saturated heterocycles. The summed E-state index contributed by atoms with van der Waals surface area (Å²) >= 11 is 0. The first kappa shape index (κ1) is 23.3. The van der Waals surface area contributed by atoms with Crippen LogP contribution in [-0.2, 0) is 0 Å². The summed E-state index contributed by atoms with van der Waals surface area (Å²) < 4.78 is 93.5. The average molecular weight is 726 g/mol. The van der Waals surface area contributed by atoms with Crippen LogP contribution in [-0.4, -0.2) is 14.5 Å². The molecular formula is C52H33N3O. The smallest absolute Gasteiger partial charge is 0.160 e. The lowest BCUT2D eigenvalue weighted by atomic mass is 9.96. The summed E-state index contributed by atoms with van der Waals surface area (Å²) in [7, 11) is 0. The molecule has 0 atom stereocenters. The van der Waals surface area contributed by atoms with Gasteiger partial charge >= 0.3 is 0 Å². The molecule has 0 fully saturated rings. The van der Waals surface area contributed by atoms with Crippen molar-refractivity contribution in [3.8, 4) is 61.8 Å². The summed E-state index contributed by atoms with van der Waals surface area (Å²) in [5, 5.41) is 4.06. The fraction of sp³-hybridized carbons (Fsp3) is 0. The van der Waals surface area contributed by atoms with Crippen LogP contribution in [0.4, 0.5) is 0 Å². The molecule has 11 rings (SSSR count). The molecule has 56 heavy (non-hydrogen) atoms. The van der Waals surface area contributed by atoms with Gasteiger partial charge in [-0.15, -0.1) is 0 Å². The van der Waals surface area contributed by atoms with Crippen molar-refractivity contribution in [3.05, 3.63) is 200 Å². The van der Waals surface area contributed by atoms with E-state index >= 15 is 0 Å². The Balaban J connectivity index is 1.07. The lowest BCUT2D eigenvalue weighted by Gasteiger charge is -2.11. The lowest BCUT2D eigenvalue weighted by molar-refractivity contribution is 0.669. The third kappa shape index (κ3) is 5.39. The van der Waals surface area contributed by atoms with E-state index < -0.39 is 60.4 Å². The molecule has 0 radical (unpaired) electrons. The lowest BCUT2D eigenvalue weighted by Crippen LogP contribution is -1.96. The fourth-order valence-corrected chi connectivity index (χ4v) is 7.67. The van der Waals surface area contributed by atoms with E-state index in [0.29, 0.717) is 16.7 Å². The van der Waals surface area contributed by atoms with E-state index in [0.717, 1.165) is 60.5 Å². The molecule has 0 amide bonds. The minimum atomic E-state index is -0.581. The summed E-state index contributed by atoms with van der Waals surface area (Å²) in [5.74, 6) is 0.0403.